The fourth-order valence-electron chi connectivity index (χ4n) is 4.89. The van der Waals surface area contributed by atoms with Gasteiger partial charge in [-0.1, -0.05) is 27.7 Å². The largest absolute Gasteiger partial charge is 0.491 e. The lowest BCUT2D eigenvalue weighted by molar-refractivity contribution is 0.0525. The Morgan fingerprint density at radius 2 is 1.83 bits per heavy atom. The number of anilines is 3. The molecular weight excluding hydrogens is 623 g/mol. The van der Waals surface area contributed by atoms with Gasteiger partial charge in [-0.05, 0) is 87.3 Å². The number of nitrogens with one attached hydrogen (secondary N) is 3. The number of carbonyl (C=O) groups excluding carboxylic acids is 1. The topological polar surface area (TPSA) is 154 Å². The molecule has 1 aliphatic heterocycles. The first kappa shape index (κ1) is 36.2. The molecule has 48 heavy (non-hydrogen) atoms. The first-order valence-corrected chi connectivity index (χ1v) is 19.1. The van der Waals surface area contributed by atoms with E-state index in [2.05, 4.69) is 79.9 Å². The van der Waals surface area contributed by atoms with Crippen LogP contribution in [0.15, 0.2) is 42.6 Å². The van der Waals surface area contributed by atoms with Gasteiger partial charge in [-0.2, -0.15) is 10.5 Å². The summed E-state index contributed by atoms with van der Waals surface area (Å²) in [5.41, 5.74) is 3.91. The van der Waals surface area contributed by atoms with Crippen molar-refractivity contribution in [2.24, 2.45) is 0 Å². The lowest BCUT2D eigenvalue weighted by Gasteiger charge is -2.39. The van der Waals surface area contributed by atoms with Gasteiger partial charge in [-0.15, -0.1) is 0 Å². The van der Waals surface area contributed by atoms with Crippen molar-refractivity contribution in [2.75, 3.05) is 36.9 Å². The van der Waals surface area contributed by atoms with E-state index in [4.69, 9.17) is 18.9 Å². The molecule has 2 heterocycles. The molecule has 0 saturated carbocycles. The van der Waals surface area contributed by atoms with Crippen molar-refractivity contribution in [3.8, 4) is 29.1 Å². The number of amides is 1. The van der Waals surface area contributed by atoms with E-state index in [1.54, 1.807) is 30.5 Å². The van der Waals surface area contributed by atoms with Crippen LogP contribution in [0.25, 0.3) is 11.3 Å². The highest BCUT2D eigenvalue weighted by atomic mass is 28.4. The third-order valence-electron chi connectivity index (χ3n) is 8.68. The molecule has 254 valence electrons. The maximum absolute atomic E-state index is 11.9. The van der Waals surface area contributed by atoms with Crippen LogP contribution < -0.4 is 20.7 Å². The number of fused-ring (bicyclic) bond motifs is 1. The van der Waals surface area contributed by atoms with Gasteiger partial charge in [0.05, 0.1) is 40.9 Å². The Kier molecular flexibility index (Phi) is 10.7. The molecule has 11 nitrogen and oxygen atoms in total. The summed E-state index contributed by atoms with van der Waals surface area (Å²) in [6.45, 7) is 20.7. The molecule has 3 aromatic rings. The van der Waals surface area contributed by atoms with Crippen molar-refractivity contribution in [3.63, 3.8) is 0 Å². The highest BCUT2D eigenvalue weighted by molar-refractivity contribution is 6.74. The summed E-state index contributed by atoms with van der Waals surface area (Å²) in [4.78, 5) is 21.1. The van der Waals surface area contributed by atoms with E-state index in [1.807, 2.05) is 26.8 Å². The molecule has 1 aromatic heterocycles. The molecule has 0 fully saturated rings. The van der Waals surface area contributed by atoms with Crippen LogP contribution in [0.1, 0.15) is 71.6 Å². The zero-order valence-electron chi connectivity index (χ0n) is 29.5. The van der Waals surface area contributed by atoms with E-state index >= 15 is 0 Å². The number of hydrogen-bond acceptors (Lipinski definition) is 10. The van der Waals surface area contributed by atoms with Gasteiger partial charge >= 0.3 is 6.09 Å². The van der Waals surface area contributed by atoms with Gasteiger partial charge in [0.15, 0.2) is 8.32 Å². The van der Waals surface area contributed by atoms with Crippen LogP contribution in [-0.4, -0.2) is 56.3 Å². The second-order valence-electron chi connectivity index (χ2n) is 14.9. The predicted molar refractivity (Wildman–Crippen MR) is 190 cm³/mol. The van der Waals surface area contributed by atoms with Crippen LogP contribution >= 0.6 is 0 Å². The molecule has 1 atom stereocenters. The summed E-state index contributed by atoms with van der Waals surface area (Å²) in [5, 5.41) is 29.1. The molecule has 2 aromatic carbocycles. The Bertz CT molecular complexity index is 1730. The van der Waals surface area contributed by atoms with Gasteiger partial charge in [-0.3, -0.25) is 0 Å². The van der Waals surface area contributed by atoms with Crippen molar-refractivity contribution in [3.05, 3.63) is 59.3 Å². The maximum atomic E-state index is 11.9. The molecule has 0 radical (unpaired) electrons. The fraction of sp³-hybridized carbons (Fsp3) is 0.472. The molecule has 0 saturated heterocycles. The summed E-state index contributed by atoms with van der Waals surface area (Å²) in [7, 11) is -2.00. The van der Waals surface area contributed by atoms with Crippen molar-refractivity contribution in [2.45, 2.75) is 84.0 Å². The molecule has 3 N–H and O–H groups in total. The van der Waals surface area contributed by atoms with Gasteiger partial charge in [0.1, 0.15) is 17.4 Å². The number of nitrogens with zero attached hydrogens (tertiary/aromatic N) is 4. The first-order valence-electron chi connectivity index (χ1n) is 16.2. The van der Waals surface area contributed by atoms with E-state index < -0.39 is 20.0 Å². The molecule has 0 unspecified atom stereocenters. The number of rotatable bonds is 11. The number of hydrogen-bond donors (Lipinski definition) is 3. The normalized spacial score (nSPS) is 15.8. The van der Waals surface area contributed by atoms with Crippen LogP contribution in [0.3, 0.4) is 0 Å². The summed E-state index contributed by atoms with van der Waals surface area (Å²) in [6, 6.07) is 15.3. The Labute approximate surface area is 285 Å². The minimum Gasteiger partial charge on any atom is -0.491 e. The predicted octanol–water partition coefficient (Wildman–Crippen LogP) is 7.63. The number of ether oxygens (including phenoxy) is 2. The molecule has 0 spiro atoms. The second kappa shape index (κ2) is 14.2. The summed E-state index contributed by atoms with van der Waals surface area (Å²) >= 11 is 0. The Morgan fingerprint density at radius 1 is 1.08 bits per heavy atom. The average molecular weight is 670 g/mol. The van der Waals surface area contributed by atoms with Crippen LogP contribution in [0.5, 0.6) is 5.75 Å². The summed E-state index contributed by atoms with van der Waals surface area (Å²) < 4.78 is 17.9. The van der Waals surface area contributed by atoms with Crippen LogP contribution in [0, 0.1) is 22.7 Å². The third-order valence-corrected chi connectivity index (χ3v) is 13.2. The van der Waals surface area contributed by atoms with Gasteiger partial charge in [0.2, 0.25) is 5.95 Å². The van der Waals surface area contributed by atoms with Crippen LogP contribution in [0.2, 0.25) is 18.1 Å². The molecule has 1 aliphatic rings. The molecule has 0 aliphatic carbocycles. The lowest BCUT2D eigenvalue weighted by Crippen LogP contribution is -2.45. The number of alkyl carbamates (subject to hydrolysis) is 1. The SMILES string of the molecule is CC(C)(C)OC(=O)NCCCOc1ccc(C#N)cc1Nc1nccc(-c2cc(C#N)c3c(c2)[C@@](C)(CO[Si](C)(C)C(C)(C)C)CN3)n1. The monoisotopic (exact) mass is 669 g/mol. The Balaban J connectivity index is 1.53. The van der Waals surface area contributed by atoms with Crippen molar-refractivity contribution in [1.82, 2.24) is 15.3 Å². The smallest absolute Gasteiger partial charge is 0.407 e. The fourth-order valence-corrected chi connectivity index (χ4v) is 6.00. The minimum absolute atomic E-state index is 0.0822. The highest BCUT2D eigenvalue weighted by Crippen LogP contribution is 2.44. The minimum atomic E-state index is -2.00. The van der Waals surface area contributed by atoms with Crippen LogP contribution in [0.4, 0.5) is 22.1 Å². The van der Waals surface area contributed by atoms with E-state index in [-0.39, 0.29) is 10.5 Å². The maximum Gasteiger partial charge on any atom is 0.407 e. The van der Waals surface area contributed by atoms with E-state index in [0.717, 1.165) is 16.8 Å². The van der Waals surface area contributed by atoms with Gasteiger partial charge in [0.25, 0.3) is 0 Å². The number of nitriles is 2. The summed E-state index contributed by atoms with van der Waals surface area (Å²) in [6.07, 6.45) is 1.71. The van der Waals surface area contributed by atoms with E-state index in [0.29, 0.717) is 66.9 Å². The van der Waals surface area contributed by atoms with Gasteiger partial charge < -0.3 is 29.9 Å². The second-order valence-corrected chi connectivity index (χ2v) is 19.7. The van der Waals surface area contributed by atoms with Crippen molar-refractivity contribution in [1.29, 1.82) is 10.5 Å². The standard InChI is InChI=1S/C36H47N7O4Si/c1-34(2,3)47-33(44)40-14-10-16-45-30-12-11-24(20-37)17-29(30)43-32-39-15-13-28(42-32)25-18-26(21-38)31-27(19-25)36(7,22-41-31)23-46-48(8,9)35(4,5)6/h11-13,15,17-19,41H,10,14,16,22-23H2,1-9H3,(H,40,44)(H,39,42,43)/t36-/m1/s1. The Morgan fingerprint density at radius 3 is 2.50 bits per heavy atom. The molecule has 12 heteroatoms. The number of carbonyl (C=O) groups is 1. The van der Waals surface area contributed by atoms with Gasteiger partial charge in [-0.25, -0.2) is 14.8 Å². The number of aromatic nitrogens is 2. The molecular formula is C36H47N7O4Si. The van der Waals surface area contributed by atoms with Crippen LogP contribution in [-0.2, 0) is 14.6 Å². The van der Waals surface area contributed by atoms with E-state index in [1.165, 1.54) is 0 Å². The van der Waals surface area contributed by atoms with Gasteiger partial charge in [0, 0.05) is 36.9 Å². The van der Waals surface area contributed by atoms with Crippen molar-refractivity contribution >= 4 is 31.7 Å². The Hall–Kier alpha value is -4.65. The first-order chi connectivity index (χ1) is 22.4. The molecule has 4 rings (SSSR count). The lowest BCUT2D eigenvalue weighted by atomic mass is 9.83. The average Bonchev–Trinajstić information content (AvgIpc) is 3.35. The zero-order valence-corrected chi connectivity index (χ0v) is 30.5. The number of benzene rings is 2. The summed E-state index contributed by atoms with van der Waals surface area (Å²) in [5.74, 6) is 0.813. The highest BCUT2D eigenvalue weighted by Gasteiger charge is 2.42. The zero-order chi connectivity index (χ0) is 35.3. The molecule has 0 bridgehead atoms. The quantitative estimate of drug-likeness (QED) is 0.137. The van der Waals surface area contributed by atoms with Crippen molar-refractivity contribution < 1.29 is 18.7 Å². The third kappa shape index (κ3) is 8.82. The van der Waals surface area contributed by atoms with E-state index in [9.17, 15) is 15.3 Å². The molecule has 1 amide bonds.